The van der Waals surface area contributed by atoms with Gasteiger partial charge in [-0.05, 0) is 39.7 Å². The zero-order chi connectivity index (χ0) is 13.8. The zero-order valence-corrected chi connectivity index (χ0v) is 11.5. The average molecular weight is 256 g/mol. The van der Waals surface area contributed by atoms with Crippen LogP contribution in [0.15, 0.2) is 0 Å². The van der Waals surface area contributed by atoms with Crippen molar-refractivity contribution in [2.24, 2.45) is 5.92 Å². The van der Waals surface area contributed by atoms with Crippen LogP contribution in [0.25, 0.3) is 0 Å². The zero-order valence-electron chi connectivity index (χ0n) is 11.5. The Hall–Kier alpha value is -1.10. The highest BCUT2D eigenvalue weighted by atomic mass is 16.4. The highest BCUT2D eigenvalue weighted by Crippen LogP contribution is 2.25. The summed E-state index contributed by atoms with van der Waals surface area (Å²) in [5.41, 5.74) is -0.485. The van der Waals surface area contributed by atoms with E-state index < -0.39 is 17.4 Å². The summed E-state index contributed by atoms with van der Waals surface area (Å²) in [5, 5.41) is 15.1. The summed E-state index contributed by atoms with van der Waals surface area (Å²) in [6.07, 6.45) is 3.56. The minimum atomic E-state index is -0.883. The molecule has 1 aliphatic heterocycles. The predicted octanol–water partition coefficient (Wildman–Crippen LogP) is 1.13. The quantitative estimate of drug-likeness (QED) is 0.666. The summed E-state index contributed by atoms with van der Waals surface area (Å²) in [7, 11) is 0. The van der Waals surface area contributed by atoms with Crippen LogP contribution in [0.3, 0.4) is 0 Å². The largest absolute Gasteiger partial charge is 0.481 e. The Labute approximate surface area is 108 Å². The van der Waals surface area contributed by atoms with Gasteiger partial charge in [-0.2, -0.15) is 0 Å². The fourth-order valence-electron chi connectivity index (χ4n) is 2.44. The number of carbonyl (C=O) groups is 2. The normalized spacial score (nSPS) is 26.6. The number of carboxylic acids is 1. The molecule has 0 saturated carbocycles. The molecule has 1 saturated heterocycles. The number of amides is 1. The molecular weight excluding hydrogens is 232 g/mol. The third kappa shape index (κ3) is 3.22. The molecule has 1 rings (SSSR count). The Morgan fingerprint density at radius 3 is 2.56 bits per heavy atom. The van der Waals surface area contributed by atoms with Crippen LogP contribution in [0.1, 0.15) is 46.5 Å². The summed E-state index contributed by atoms with van der Waals surface area (Å²) in [6.45, 7) is 6.27. The molecule has 5 nitrogen and oxygen atoms in total. The molecule has 1 heterocycles. The lowest BCUT2D eigenvalue weighted by molar-refractivity contribution is -0.142. The van der Waals surface area contributed by atoms with E-state index in [1.165, 1.54) is 0 Å². The highest BCUT2D eigenvalue weighted by molar-refractivity contribution is 5.87. The second-order valence-electron chi connectivity index (χ2n) is 5.25. The predicted molar refractivity (Wildman–Crippen MR) is 69.3 cm³/mol. The van der Waals surface area contributed by atoms with Crippen LogP contribution in [-0.2, 0) is 9.59 Å². The van der Waals surface area contributed by atoms with E-state index in [0.29, 0.717) is 0 Å². The van der Waals surface area contributed by atoms with E-state index in [0.717, 1.165) is 32.2 Å². The van der Waals surface area contributed by atoms with E-state index in [9.17, 15) is 9.59 Å². The Bertz CT molecular complexity index is 311. The Balaban J connectivity index is 2.65. The molecule has 0 radical (unpaired) electrons. The first-order chi connectivity index (χ1) is 8.43. The van der Waals surface area contributed by atoms with Gasteiger partial charge < -0.3 is 15.7 Å². The van der Waals surface area contributed by atoms with E-state index in [2.05, 4.69) is 17.6 Å². The van der Waals surface area contributed by atoms with Gasteiger partial charge in [0, 0.05) is 6.04 Å². The molecule has 3 unspecified atom stereocenters. The number of hydrogen-bond donors (Lipinski definition) is 3. The van der Waals surface area contributed by atoms with Gasteiger partial charge in [0.2, 0.25) is 5.91 Å². The van der Waals surface area contributed by atoms with Gasteiger partial charge in [0.25, 0.3) is 0 Å². The van der Waals surface area contributed by atoms with E-state index in [1.807, 2.05) is 0 Å². The Morgan fingerprint density at radius 2 is 2.11 bits per heavy atom. The van der Waals surface area contributed by atoms with Crippen molar-refractivity contribution in [3.8, 4) is 0 Å². The van der Waals surface area contributed by atoms with Crippen LogP contribution >= 0.6 is 0 Å². The minimum absolute atomic E-state index is 0.0533. The molecule has 0 aromatic rings. The van der Waals surface area contributed by atoms with Crippen LogP contribution in [0.4, 0.5) is 0 Å². The molecule has 3 N–H and O–H groups in total. The maximum atomic E-state index is 12.3. The Morgan fingerprint density at radius 1 is 1.44 bits per heavy atom. The molecule has 0 aliphatic carbocycles. The van der Waals surface area contributed by atoms with E-state index in [4.69, 9.17) is 5.11 Å². The van der Waals surface area contributed by atoms with Crippen molar-refractivity contribution in [2.75, 3.05) is 6.54 Å². The molecule has 0 spiro atoms. The second-order valence-corrected chi connectivity index (χ2v) is 5.25. The fraction of sp³-hybridized carbons (Fsp3) is 0.846. The molecule has 0 aromatic heterocycles. The van der Waals surface area contributed by atoms with Crippen molar-refractivity contribution in [1.82, 2.24) is 10.6 Å². The number of hydrogen-bond acceptors (Lipinski definition) is 3. The first-order valence-electron chi connectivity index (χ1n) is 6.72. The first kappa shape index (κ1) is 15.0. The third-order valence-corrected chi connectivity index (χ3v) is 3.85. The Kier molecular flexibility index (Phi) is 5.14. The number of aliphatic carboxylic acids is 1. The molecule has 1 aliphatic rings. The van der Waals surface area contributed by atoms with Gasteiger partial charge >= 0.3 is 5.97 Å². The smallest absolute Gasteiger partial charge is 0.308 e. The summed E-state index contributed by atoms with van der Waals surface area (Å²) < 4.78 is 0. The van der Waals surface area contributed by atoms with E-state index >= 15 is 0 Å². The van der Waals surface area contributed by atoms with Crippen molar-refractivity contribution in [3.05, 3.63) is 0 Å². The lowest BCUT2D eigenvalue weighted by atomic mass is 9.90. The van der Waals surface area contributed by atoms with E-state index in [1.54, 1.807) is 13.8 Å². The van der Waals surface area contributed by atoms with Gasteiger partial charge in [-0.25, -0.2) is 0 Å². The highest BCUT2D eigenvalue weighted by Gasteiger charge is 2.40. The molecule has 0 bridgehead atoms. The van der Waals surface area contributed by atoms with Crippen LogP contribution < -0.4 is 10.6 Å². The van der Waals surface area contributed by atoms with Crippen LogP contribution in [0.2, 0.25) is 0 Å². The monoisotopic (exact) mass is 256 g/mol. The van der Waals surface area contributed by atoms with Crippen LogP contribution in [0, 0.1) is 5.92 Å². The van der Waals surface area contributed by atoms with Crippen LogP contribution in [0.5, 0.6) is 0 Å². The van der Waals surface area contributed by atoms with Gasteiger partial charge in [0.1, 0.15) is 0 Å². The van der Waals surface area contributed by atoms with Crippen molar-refractivity contribution < 1.29 is 14.7 Å². The first-order valence-corrected chi connectivity index (χ1v) is 6.72. The summed E-state index contributed by atoms with van der Waals surface area (Å²) >= 11 is 0. The molecule has 1 amide bonds. The lowest BCUT2D eigenvalue weighted by Gasteiger charge is -2.30. The number of nitrogens with one attached hydrogen (secondary N) is 2. The topological polar surface area (TPSA) is 78.4 Å². The molecule has 18 heavy (non-hydrogen) atoms. The summed E-state index contributed by atoms with van der Waals surface area (Å²) in [5.74, 6) is -1.51. The maximum Gasteiger partial charge on any atom is 0.308 e. The molecule has 104 valence electrons. The molecular formula is C13H24N2O3. The molecule has 0 aromatic carbocycles. The number of carbonyl (C=O) groups excluding carboxylic acids is 1. The second kappa shape index (κ2) is 6.18. The SMILES string of the molecule is CCCC1(C(=O)NC(C)C(C)C(=O)O)CCCN1. The van der Waals surface area contributed by atoms with Gasteiger partial charge in [-0.15, -0.1) is 0 Å². The number of carboxylic acid groups (broad SMARTS) is 1. The van der Waals surface area contributed by atoms with Gasteiger partial charge in [-0.1, -0.05) is 13.3 Å². The summed E-state index contributed by atoms with van der Waals surface area (Å²) in [6, 6.07) is -0.355. The van der Waals surface area contributed by atoms with Gasteiger partial charge in [0.15, 0.2) is 0 Å². The van der Waals surface area contributed by atoms with Crippen molar-refractivity contribution in [2.45, 2.75) is 58.0 Å². The molecule has 3 atom stereocenters. The minimum Gasteiger partial charge on any atom is -0.481 e. The van der Waals surface area contributed by atoms with Crippen molar-refractivity contribution in [3.63, 3.8) is 0 Å². The standard InChI is InChI=1S/C13H24N2O3/c1-4-6-13(7-5-8-14-13)12(18)15-10(3)9(2)11(16)17/h9-10,14H,4-8H2,1-3H3,(H,15,18)(H,16,17). The fourth-order valence-corrected chi connectivity index (χ4v) is 2.44. The van der Waals surface area contributed by atoms with Gasteiger partial charge in [0.05, 0.1) is 11.5 Å². The average Bonchev–Trinajstić information content (AvgIpc) is 2.78. The van der Waals surface area contributed by atoms with Crippen LogP contribution in [-0.4, -0.2) is 35.1 Å². The van der Waals surface area contributed by atoms with Crippen molar-refractivity contribution >= 4 is 11.9 Å². The van der Waals surface area contributed by atoms with Gasteiger partial charge in [-0.3, -0.25) is 9.59 Å². The van der Waals surface area contributed by atoms with Crippen molar-refractivity contribution in [1.29, 1.82) is 0 Å². The lowest BCUT2D eigenvalue weighted by Crippen LogP contribution is -2.56. The third-order valence-electron chi connectivity index (χ3n) is 3.85. The molecule has 5 heteroatoms. The molecule has 1 fully saturated rings. The maximum absolute atomic E-state index is 12.3. The van der Waals surface area contributed by atoms with E-state index in [-0.39, 0.29) is 11.9 Å². The summed E-state index contributed by atoms with van der Waals surface area (Å²) in [4.78, 5) is 23.2. The number of rotatable bonds is 6.